The second-order valence-corrected chi connectivity index (χ2v) is 16.1. The standard InChI is InChI=1S/C41H57N5O7/c1-4-9-27(38(50)40(52)44-30-15-16-30)21-35(49)37-32-13-8-12-29(32)24-46(37)41(53)28(14-17-31(47)20-25(2)3)22-34(48)36(26-10-6-5-7-11-26)45-39(51)33-23-42-18-19-43-33/h18-20,23,26-30,32,36-37H,4-17,21-22,24H2,1-3H3,(H,44,52)(H,45,51)/t27-,28-,29+,32+,36+,37+/m1/s1. The van der Waals surface area contributed by atoms with E-state index in [-0.39, 0.29) is 78.4 Å². The van der Waals surface area contributed by atoms with Gasteiger partial charge in [-0.05, 0) is 89.0 Å². The second kappa shape index (κ2) is 18.8. The highest BCUT2D eigenvalue weighted by Gasteiger charge is 2.51. The van der Waals surface area contributed by atoms with Crippen LogP contribution < -0.4 is 10.6 Å². The molecule has 3 amide bonds. The quantitative estimate of drug-likeness (QED) is 0.148. The first kappa shape index (κ1) is 40.1. The largest absolute Gasteiger partial charge is 0.347 e. The topological polar surface area (TPSA) is 173 Å². The van der Waals surface area contributed by atoms with Crippen LogP contribution in [0.4, 0.5) is 0 Å². The van der Waals surface area contributed by atoms with Gasteiger partial charge in [-0.25, -0.2) is 4.98 Å². The second-order valence-electron chi connectivity index (χ2n) is 16.1. The van der Waals surface area contributed by atoms with E-state index in [1.165, 1.54) is 24.7 Å². The van der Waals surface area contributed by atoms with Crippen LogP contribution in [0.1, 0.15) is 134 Å². The number of nitrogens with zero attached hydrogens (tertiary/aromatic N) is 3. The van der Waals surface area contributed by atoms with Crippen LogP contribution in [-0.4, -0.2) is 80.4 Å². The van der Waals surface area contributed by atoms with Crippen LogP contribution in [-0.2, 0) is 28.8 Å². The number of carbonyl (C=O) groups is 7. The fourth-order valence-electron chi connectivity index (χ4n) is 8.84. The fourth-order valence-corrected chi connectivity index (χ4v) is 8.84. The molecule has 1 saturated heterocycles. The lowest BCUT2D eigenvalue weighted by Crippen LogP contribution is -2.50. The van der Waals surface area contributed by atoms with E-state index < -0.39 is 41.5 Å². The first-order valence-corrected chi connectivity index (χ1v) is 19.9. The summed E-state index contributed by atoms with van der Waals surface area (Å²) < 4.78 is 0. The van der Waals surface area contributed by atoms with Gasteiger partial charge < -0.3 is 15.5 Å². The van der Waals surface area contributed by atoms with Crippen LogP contribution in [0, 0.1) is 29.6 Å². The van der Waals surface area contributed by atoms with Crippen molar-refractivity contribution in [1.29, 1.82) is 0 Å². The maximum Gasteiger partial charge on any atom is 0.287 e. The Morgan fingerprint density at radius 3 is 2.30 bits per heavy atom. The molecule has 0 spiro atoms. The number of nitrogens with one attached hydrogen (secondary N) is 2. The van der Waals surface area contributed by atoms with Gasteiger partial charge in [0.2, 0.25) is 11.7 Å². The number of aromatic nitrogens is 2. The zero-order valence-electron chi connectivity index (χ0n) is 31.6. The molecule has 288 valence electrons. The molecule has 2 heterocycles. The number of rotatable bonds is 19. The van der Waals surface area contributed by atoms with Crippen LogP contribution in [0.5, 0.6) is 0 Å². The number of hydrogen-bond acceptors (Lipinski definition) is 9. The average molecular weight is 732 g/mol. The molecule has 12 nitrogen and oxygen atoms in total. The molecule has 1 aromatic rings. The summed E-state index contributed by atoms with van der Waals surface area (Å²) in [6.45, 7) is 5.93. The summed E-state index contributed by atoms with van der Waals surface area (Å²) in [7, 11) is 0. The Bertz CT molecular complexity index is 1550. The van der Waals surface area contributed by atoms with Gasteiger partial charge in [0.15, 0.2) is 17.3 Å². The van der Waals surface area contributed by atoms with Crippen LogP contribution in [0.25, 0.3) is 0 Å². The number of ketones is 4. The minimum atomic E-state index is -0.886. The summed E-state index contributed by atoms with van der Waals surface area (Å²) in [5, 5.41) is 5.68. The number of Topliss-reactive ketones (excluding diaryl/α,β-unsaturated/α-hetero) is 3. The molecule has 1 aliphatic heterocycles. The third-order valence-electron chi connectivity index (χ3n) is 11.6. The molecule has 3 aliphatic carbocycles. The summed E-state index contributed by atoms with van der Waals surface area (Å²) in [6, 6.07) is -1.58. The SMILES string of the molecule is CCC[C@H](CC(=O)[C@@H]1[C@H]2CCC[C@H]2CN1C(=O)[C@H](CCC(=O)C=C(C)C)CC(=O)[C@@H](NC(=O)c1cnccn1)C1CCCCC1)C(=O)C(=O)NC1CC1. The number of amides is 3. The third-order valence-corrected chi connectivity index (χ3v) is 11.6. The number of fused-ring (bicyclic) bond motifs is 1. The van der Waals surface area contributed by atoms with E-state index in [9.17, 15) is 33.6 Å². The Labute approximate surface area is 313 Å². The Kier molecular flexibility index (Phi) is 14.2. The number of hydrogen-bond donors (Lipinski definition) is 2. The predicted octanol–water partition coefficient (Wildman–Crippen LogP) is 4.90. The molecule has 0 aromatic carbocycles. The Morgan fingerprint density at radius 1 is 0.887 bits per heavy atom. The van der Waals surface area contributed by atoms with Crippen molar-refractivity contribution < 1.29 is 33.6 Å². The molecular formula is C41H57N5O7. The zero-order valence-corrected chi connectivity index (χ0v) is 31.6. The van der Waals surface area contributed by atoms with Crippen molar-refractivity contribution in [2.24, 2.45) is 29.6 Å². The maximum absolute atomic E-state index is 14.7. The van der Waals surface area contributed by atoms with Crippen molar-refractivity contribution in [2.75, 3.05) is 6.54 Å². The van der Waals surface area contributed by atoms with E-state index in [1.54, 1.807) is 4.90 Å². The van der Waals surface area contributed by atoms with E-state index in [2.05, 4.69) is 20.6 Å². The summed E-state index contributed by atoms with van der Waals surface area (Å²) in [6.07, 6.45) is 15.3. The lowest BCUT2D eigenvalue weighted by Gasteiger charge is -2.33. The predicted molar refractivity (Wildman–Crippen MR) is 197 cm³/mol. The minimum absolute atomic E-state index is 0.0212. The number of likely N-dealkylation sites (tertiary alicyclic amines) is 1. The smallest absolute Gasteiger partial charge is 0.287 e. The van der Waals surface area contributed by atoms with Gasteiger partial charge in [0.25, 0.3) is 11.8 Å². The molecular weight excluding hydrogens is 674 g/mol. The van der Waals surface area contributed by atoms with Crippen LogP contribution >= 0.6 is 0 Å². The van der Waals surface area contributed by atoms with Gasteiger partial charge in [-0.15, -0.1) is 0 Å². The van der Waals surface area contributed by atoms with E-state index in [0.29, 0.717) is 19.4 Å². The summed E-state index contributed by atoms with van der Waals surface area (Å²) >= 11 is 0. The first-order chi connectivity index (χ1) is 25.5. The minimum Gasteiger partial charge on any atom is -0.347 e. The molecule has 4 fully saturated rings. The van der Waals surface area contributed by atoms with Crippen molar-refractivity contribution in [2.45, 2.75) is 142 Å². The summed E-state index contributed by atoms with van der Waals surface area (Å²) in [5.41, 5.74) is 0.925. The van der Waals surface area contributed by atoms with Crippen LogP contribution in [0.3, 0.4) is 0 Å². The van der Waals surface area contributed by atoms with E-state index in [4.69, 9.17) is 0 Å². The highest BCUT2D eigenvalue weighted by Crippen LogP contribution is 2.44. The molecule has 53 heavy (non-hydrogen) atoms. The van der Waals surface area contributed by atoms with Gasteiger partial charge in [-0.3, -0.25) is 38.5 Å². The zero-order chi connectivity index (χ0) is 38.1. The fraction of sp³-hybridized carbons (Fsp3) is 0.683. The van der Waals surface area contributed by atoms with Crippen molar-refractivity contribution in [3.8, 4) is 0 Å². The molecule has 1 aromatic heterocycles. The van der Waals surface area contributed by atoms with Crippen molar-refractivity contribution in [3.05, 3.63) is 35.9 Å². The monoisotopic (exact) mass is 731 g/mol. The molecule has 4 aliphatic rings. The van der Waals surface area contributed by atoms with E-state index in [1.807, 2.05) is 20.8 Å². The molecule has 2 N–H and O–H groups in total. The molecule has 0 radical (unpaired) electrons. The van der Waals surface area contributed by atoms with Crippen molar-refractivity contribution in [1.82, 2.24) is 25.5 Å². The highest BCUT2D eigenvalue weighted by atomic mass is 16.2. The summed E-state index contributed by atoms with van der Waals surface area (Å²) in [5.74, 6) is -4.42. The molecule has 3 saturated carbocycles. The Morgan fingerprint density at radius 2 is 1.64 bits per heavy atom. The normalized spacial score (nSPS) is 22.9. The van der Waals surface area contributed by atoms with Crippen LogP contribution in [0.15, 0.2) is 30.2 Å². The van der Waals surface area contributed by atoms with Gasteiger partial charge in [-0.2, -0.15) is 0 Å². The van der Waals surface area contributed by atoms with Gasteiger partial charge in [-0.1, -0.05) is 44.6 Å². The molecule has 5 rings (SSSR count). The third kappa shape index (κ3) is 10.8. The van der Waals surface area contributed by atoms with E-state index >= 15 is 0 Å². The number of carbonyl (C=O) groups excluding carboxylic acids is 7. The van der Waals surface area contributed by atoms with Gasteiger partial charge in [0, 0.05) is 56.1 Å². The van der Waals surface area contributed by atoms with Gasteiger partial charge >= 0.3 is 0 Å². The average Bonchev–Trinajstić information content (AvgIpc) is 3.71. The molecule has 12 heteroatoms. The molecule has 6 atom stereocenters. The van der Waals surface area contributed by atoms with Crippen molar-refractivity contribution in [3.63, 3.8) is 0 Å². The Balaban J connectivity index is 1.39. The Hall–Kier alpha value is -4.09. The van der Waals surface area contributed by atoms with Crippen molar-refractivity contribution >= 4 is 40.9 Å². The maximum atomic E-state index is 14.7. The van der Waals surface area contributed by atoms with E-state index in [0.717, 1.165) is 69.8 Å². The molecule has 0 unspecified atom stereocenters. The molecule has 0 bridgehead atoms. The van der Waals surface area contributed by atoms with Crippen LogP contribution in [0.2, 0.25) is 0 Å². The highest BCUT2D eigenvalue weighted by molar-refractivity contribution is 6.37. The van der Waals surface area contributed by atoms with Gasteiger partial charge in [0.05, 0.1) is 18.3 Å². The lowest BCUT2D eigenvalue weighted by atomic mass is 9.79. The summed E-state index contributed by atoms with van der Waals surface area (Å²) in [4.78, 5) is 105. The number of allylic oxidation sites excluding steroid dienone is 2. The van der Waals surface area contributed by atoms with Gasteiger partial charge in [0.1, 0.15) is 5.69 Å². The first-order valence-electron chi connectivity index (χ1n) is 19.9. The lowest BCUT2D eigenvalue weighted by molar-refractivity contribution is -0.145.